The largest absolute Gasteiger partial charge is 0.488 e. The number of ether oxygens (including phenoxy) is 2. The van der Waals surface area contributed by atoms with Crippen molar-refractivity contribution in [2.24, 2.45) is 0 Å². The first-order valence-corrected chi connectivity index (χ1v) is 10.8. The number of nitrogens with zero attached hydrogens (tertiary/aromatic N) is 1. The van der Waals surface area contributed by atoms with E-state index in [1.807, 2.05) is 78.9 Å². The lowest BCUT2D eigenvalue weighted by Gasteiger charge is -2.14. The van der Waals surface area contributed by atoms with Crippen molar-refractivity contribution in [2.75, 3.05) is 0 Å². The molecule has 32 heavy (non-hydrogen) atoms. The molecule has 1 N–H and O–H groups in total. The predicted octanol–water partition coefficient (Wildman–Crippen LogP) is 6.37. The van der Waals surface area contributed by atoms with E-state index in [9.17, 15) is 9.90 Å². The normalized spacial score (nSPS) is 10.5. The van der Waals surface area contributed by atoms with Crippen LogP contribution in [-0.2, 0) is 13.2 Å². The van der Waals surface area contributed by atoms with Crippen LogP contribution in [0, 0.1) is 0 Å². The summed E-state index contributed by atoms with van der Waals surface area (Å²) in [6.45, 7) is 0.447. The number of carboxylic acid groups (broad SMARTS) is 1. The minimum atomic E-state index is -1.05. The summed E-state index contributed by atoms with van der Waals surface area (Å²) in [7, 11) is 0. The number of para-hydroxylation sites is 1. The third-order valence-electron chi connectivity index (χ3n) is 4.78. The van der Waals surface area contributed by atoms with Crippen molar-refractivity contribution >= 4 is 21.9 Å². The molecule has 6 heteroatoms. The van der Waals surface area contributed by atoms with E-state index < -0.39 is 5.97 Å². The summed E-state index contributed by atoms with van der Waals surface area (Å²) in [4.78, 5) is 16.4. The lowest BCUT2D eigenvalue weighted by molar-refractivity contribution is 0.0693. The van der Waals surface area contributed by atoms with E-state index in [2.05, 4.69) is 20.9 Å². The van der Waals surface area contributed by atoms with Gasteiger partial charge in [0.15, 0.2) is 0 Å². The van der Waals surface area contributed by atoms with Gasteiger partial charge >= 0.3 is 5.97 Å². The summed E-state index contributed by atoms with van der Waals surface area (Å²) >= 11 is 3.40. The van der Waals surface area contributed by atoms with Crippen LogP contribution in [0.3, 0.4) is 0 Å². The summed E-state index contributed by atoms with van der Waals surface area (Å²) in [5.41, 5.74) is 2.90. The van der Waals surface area contributed by atoms with Gasteiger partial charge in [0.2, 0.25) is 0 Å². The zero-order valence-electron chi connectivity index (χ0n) is 17.1. The van der Waals surface area contributed by atoms with Gasteiger partial charge in [0.05, 0.1) is 17.0 Å². The predicted molar refractivity (Wildman–Crippen MR) is 126 cm³/mol. The Bertz CT molecular complexity index is 1230. The Balaban J connectivity index is 1.61. The number of carboxylic acids is 1. The monoisotopic (exact) mass is 489 g/mol. The van der Waals surface area contributed by atoms with E-state index in [1.54, 1.807) is 12.1 Å². The molecule has 4 aromatic rings. The molecular formula is C26H20BrNO4. The smallest absolute Gasteiger partial charge is 0.337 e. The lowest BCUT2D eigenvalue weighted by atomic mass is 10.1. The minimum absolute atomic E-state index is 0.0268. The molecule has 0 amide bonds. The molecule has 0 saturated heterocycles. The fourth-order valence-corrected chi connectivity index (χ4v) is 3.58. The van der Waals surface area contributed by atoms with Gasteiger partial charge in [0.25, 0.3) is 0 Å². The van der Waals surface area contributed by atoms with Crippen molar-refractivity contribution in [3.63, 3.8) is 0 Å². The molecule has 0 fully saturated rings. The molecule has 4 rings (SSSR count). The molecule has 160 valence electrons. The Morgan fingerprint density at radius 3 is 2.41 bits per heavy atom. The molecule has 0 bridgehead atoms. The van der Waals surface area contributed by atoms with Crippen LogP contribution < -0.4 is 9.47 Å². The molecule has 0 atom stereocenters. The van der Waals surface area contributed by atoms with E-state index in [0.29, 0.717) is 29.5 Å². The number of hydrogen-bond donors (Lipinski definition) is 1. The maximum atomic E-state index is 11.7. The van der Waals surface area contributed by atoms with E-state index in [0.717, 1.165) is 15.6 Å². The molecule has 3 aromatic carbocycles. The molecule has 5 nitrogen and oxygen atoms in total. The number of carbonyl (C=O) groups is 1. The van der Waals surface area contributed by atoms with Gasteiger partial charge < -0.3 is 14.6 Å². The molecule has 1 heterocycles. The van der Waals surface area contributed by atoms with Gasteiger partial charge in [-0.25, -0.2) is 9.78 Å². The van der Waals surface area contributed by atoms with E-state index >= 15 is 0 Å². The summed E-state index contributed by atoms with van der Waals surface area (Å²) in [6.07, 6.45) is 0. The SMILES string of the molecule is O=C(O)c1ccc(-c2ccccc2OCc2ccccc2)nc1COc1cccc(Br)c1. The Morgan fingerprint density at radius 2 is 1.62 bits per heavy atom. The average molecular weight is 490 g/mol. The molecule has 0 aliphatic heterocycles. The summed E-state index contributed by atoms with van der Waals surface area (Å²) in [5.74, 6) is 0.241. The van der Waals surface area contributed by atoms with Crippen LogP contribution in [0.25, 0.3) is 11.3 Å². The highest BCUT2D eigenvalue weighted by atomic mass is 79.9. The third-order valence-corrected chi connectivity index (χ3v) is 5.27. The second-order valence-electron chi connectivity index (χ2n) is 7.01. The lowest BCUT2D eigenvalue weighted by Crippen LogP contribution is -2.09. The first-order valence-electron chi connectivity index (χ1n) is 9.98. The van der Waals surface area contributed by atoms with Crippen molar-refractivity contribution in [1.82, 2.24) is 4.98 Å². The molecule has 0 radical (unpaired) electrons. The number of hydrogen-bond acceptors (Lipinski definition) is 4. The van der Waals surface area contributed by atoms with Gasteiger partial charge in [-0.3, -0.25) is 0 Å². The molecule has 0 spiro atoms. The van der Waals surface area contributed by atoms with E-state index in [4.69, 9.17) is 9.47 Å². The third kappa shape index (κ3) is 5.34. The quantitative estimate of drug-likeness (QED) is 0.311. The molecule has 0 aliphatic carbocycles. The van der Waals surface area contributed by atoms with Crippen molar-refractivity contribution in [3.8, 4) is 22.8 Å². The van der Waals surface area contributed by atoms with Gasteiger partial charge in [-0.05, 0) is 48.0 Å². The van der Waals surface area contributed by atoms with Gasteiger partial charge in [-0.1, -0.05) is 64.5 Å². The fraction of sp³-hybridized carbons (Fsp3) is 0.0769. The Morgan fingerprint density at radius 1 is 0.844 bits per heavy atom. The summed E-state index contributed by atoms with van der Waals surface area (Å²) < 4.78 is 12.7. The number of pyridine rings is 1. The zero-order chi connectivity index (χ0) is 22.3. The maximum Gasteiger partial charge on any atom is 0.337 e. The van der Waals surface area contributed by atoms with Crippen LogP contribution in [0.5, 0.6) is 11.5 Å². The standard InChI is InChI=1S/C26H20BrNO4/c27-19-9-6-10-20(15-19)31-17-24-22(26(29)30)13-14-23(28-24)21-11-4-5-12-25(21)32-16-18-7-2-1-3-8-18/h1-15H,16-17H2,(H,29,30). The highest BCUT2D eigenvalue weighted by Crippen LogP contribution is 2.30. The van der Waals surface area contributed by atoms with E-state index in [-0.39, 0.29) is 12.2 Å². The van der Waals surface area contributed by atoms with Crippen LogP contribution in [0.4, 0.5) is 0 Å². The number of benzene rings is 3. The van der Waals surface area contributed by atoms with Gasteiger partial charge in [0, 0.05) is 10.0 Å². The second kappa shape index (κ2) is 10.1. The second-order valence-corrected chi connectivity index (χ2v) is 7.93. The number of halogens is 1. The first-order chi connectivity index (χ1) is 15.6. The minimum Gasteiger partial charge on any atom is -0.488 e. The molecule has 0 aliphatic rings. The molecular weight excluding hydrogens is 470 g/mol. The van der Waals surface area contributed by atoms with Crippen LogP contribution >= 0.6 is 15.9 Å². The molecule has 0 unspecified atom stereocenters. The summed E-state index contributed by atoms with van der Waals surface area (Å²) in [5, 5.41) is 9.61. The average Bonchev–Trinajstić information content (AvgIpc) is 2.82. The van der Waals surface area contributed by atoms with Gasteiger partial charge in [-0.15, -0.1) is 0 Å². The van der Waals surface area contributed by atoms with E-state index in [1.165, 1.54) is 0 Å². The van der Waals surface area contributed by atoms with Crippen LogP contribution in [-0.4, -0.2) is 16.1 Å². The van der Waals surface area contributed by atoms with Crippen LogP contribution in [0.15, 0.2) is 95.5 Å². The Labute approximate surface area is 194 Å². The Hall–Kier alpha value is -3.64. The highest BCUT2D eigenvalue weighted by molar-refractivity contribution is 9.10. The highest BCUT2D eigenvalue weighted by Gasteiger charge is 2.16. The van der Waals surface area contributed by atoms with Crippen molar-refractivity contribution < 1.29 is 19.4 Å². The maximum absolute atomic E-state index is 11.7. The first kappa shape index (κ1) is 21.6. The summed E-state index contributed by atoms with van der Waals surface area (Å²) in [6, 6.07) is 28.1. The topological polar surface area (TPSA) is 68.7 Å². The number of aromatic nitrogens is 1. The van der Waals surface area contributed by atoms with Crippen molar-refractivity contribution in [1.29, 1.82) is 0 Å². The van der Waals surface area contributed by atoms with Crippen molar-refractivity contribution in [2.45, 2.75) is 13.2 Å². The number of rotatable bonds is 8. The number of aromatic carboxylic acids is 1. The molecule has 0 saturated carbocycles. The van der Waals surface area contributed by atoms with Gasteiger partial charge in [0.1, 0.15) is 24.7 Å². The zero-order valence-corrected chi connectivity index (χ0v) is 18.7. The Kier molecular flexibility index (Phi) is 6.82. The van der Waals surface area contributed by atoms with Crippen molar-refractivity contribution in [3.05, 3.63) is 112 Å². The van der Waals surface area contributed by atoms with Gasteiger partial charge in [-0.2, -0.15) is 0 Å². The fourth-order valence-electron chi connectivity index (χ4n) is 3.20. The molecule has 1 aromatic heterocycles. The van der Waals surface area contributed by atoms with Crippen LogP contribution in [0.2, 0.25) is 0 Å². The van der Waals surface area contributed by atoms with Crippen LogP contribution in [0.1, 0.15) is 21.6 Å².